The molecule has 3 unspecified atom stereocenters. The summed E-state index contributed by atoms with van der Waals surface area (Å²) in [6, 6.07) is 5.74. The maximum Gasteiger partial charge on any atom is 0.160 e. The molecule has 0 spiro atoms. The number of fused-ring (bicyclic) bond motifs is 8. The smallest absolute Gasteiger partial charge is 0.160 e. The second-order valence-electron chi connectivity index (χ2n) is 13.4. The number of carbonyl (C=O) groups is 1. The summed E-state index contributed by atoms with van der Waals surface area (Å²) in [7, 11) is 1.66. The molecule has 7 rings (SSSR count). The molecule has 5 heteroatoms. The topological polar surface area (TPSA) is 57.0 Å². The van der Waals surface area contributed by atoms with Crippen LogP contribution in [0.2, 0.25) is 0 Å². The normalized spacial score (nSPS) is 45.8. The molecule has 5 aliphatic carbocycles. The number of aromatic nitrogens is 3. The van der Waals surface area contributed by atoms with Gasteiger partial charge >= 0.3 is 0 Å². The summed E-state index contributed by atoms with van der Waals surface area (Å²) in [5.74, 6) is 8.81. The highest BCUT2D eigenvalue weighted by molar-refractivity contribution is 5.83. The Bertz CT molecular complexity index is 1160. The van der Waals surface area contributed by atoms with Gasteiger partial charge in [0.2, 0.25) is 0 Å². The van der Waals surface area contributed by atoms with Gasteiger partial charge in [-0.05, 0) is 109 Å². The van der Waals surface area contributed by atoms with Crippen molar-refractivity contribution < 1.29 is 9.53 Å². The molecule has 0 N–H and O–H groups in total. The molecule has 11 atom stereocenters. The molecule has 0 amide bonds. The van der Waals surface area contributed by atoms with Gasteiger partial charge in [-0.25, -0.2) is 0 Å². The summed E-state index contributed by atoms with van der Waals surface area (Å²) in [5.41, 5.74) is 1.79. The largest absolute Gasteiger partial charge is 0.497 e. The Labute approximate surface area is 209 Å². The molecule has 0 bridgehead atoms. The molecule has 188 valence electrons. The fraction of sp³-hybridized carbons (Fsp3) is 0.767. The second-order valence-corrected chi connectivity index (χ2v) is 13.4. The van der Waals surface area contributed by atoms with Crippen molar-refractivity contribution in [1.82, 2.24) is 15.0 Å². The van der Waals surface area contributed by atoms with Gasteiger partial charge in [0.15, 0.2) is 5.78 Å². The average Bonchev–Trinajstić information content (AvgIpc) is 3.17. The van der Waals surface area contributed by atoms with Crippen molar-refractivity contribution in [3.05, 3.63) is 18.2 Å². The van der Waals surface area contributed by atoms with Crippen LogP contribution in [0.5, 0.6) is 5.75 Å². The van der Waals surface area contributed by atoms with Crippen molar-refractivity contribution in [2.45, 2.75) is 72.3 Å². The monoisotopic (exact) mass is 475 g/mol. The molecule has 5 saturated carbocycles. The number of hydrogen-bond acceptors (Lipinski definition) is 4. The molecule has 1 aromatic heterocycles. The Morgan fingerprint density at radius 3 is 2.66 bits per heavy atom. The van der Waals surface area contributed by atoms with Crippen LogP contribution in [0.3, 0.4) is 0 Å². The van der Waals surface area contributed by atoms with Crippen LogP contribution in [0.15, 0.2) is 18.2 Å². The average molecular weight is 476 g/mol. The fourth-order valence-corrected chi connectivity index (χ4v) is 10.5. The van der Waals surface area contributed by atoms with Crippen LogP contribution < -0.4 is 4.74 Å². The first-order valence-electron chi connectivity index (χ1n) is 14.3. The van der Waals surface area contributed by atoms with Crippen molar-refractivity contribution >= 4 is 16.8 Å². The third-order valence-corrected chi connectivity index (χ3v) is 11.8. The lowest BCUT2D eigenvalue weighted by Gasteiger charge is -2.57. The molecule has 1 heterocycles. The fourth-order valence-electron chi connectivity index (χ4n) is 10.5. The first-order valence-corrected chi connectivity index (χ1v) is 14.3. The predicted octanol–water partition coefficient (Wildman–Crippen LogP) is 6.02. The van der Waals surface area contributed by atoms with Gasteiger partial charge in [0.25, 0.3) is 0 Å². The van der Waals surface area contributed by atoms with E-state index in [1.165, 1.54) is 44.9 Å². The van der Waals surface area contributed by atoms with Crippen LogP contribution in [-0.2, 0) is 11.3 Å². The Balaban J connectivity index is 1.14. The van der Waals surface area contributed by atoms with Gasteiger partial charge in [0.1, 0.15) is 23.3 Å². The standard InChI is InChI=1S/C30H41N3O2/c1-16-5-8-20-18(13-16)6-9-22-21(20)11-12-30(3)28(22)26-17(2)27(26)29(30)25(34)15-33-31-23-10-7-19(35-4)14-24(23)32-33/h7,10,14,16-18,20-22,26-29H,5-6,8-9,11-13,15H2,1-4H3/t16-,17-,18+,20-,21?,22?,26+,27-,28?,29-,30-/m0/s1. The Kier molecular flexibility index (Phi) is 4.97. The van der Waals surface area contributed by atoms with Crippen molar-refractivity contribution in [1.29, 1.82) is 0 Å². The van der Waals surface area contributed by atoms with E-state index in [4.69, 9.17) is 4.74 Å². The van der Waals surface area contributed by atoms with Crippen molar-refractivity contribution in [3.8, 4) is 5.75 Å². The van der Waals surface area contributed by atoms with Crippen LogP contribution >= 0.6 is 0 Å². The number of methoxy groups -OCH3 is 1. The van der Waals surface area contributed by atoms with E-state index in [1.807, 2.05) is 18.2 Å². The summed E-state index contributed by atoms with van der Waals surface area (Å²) in [6.45, 7) is 7.70. The highest BCUT2D eigenvalue weighted by Gasteiger charge is 2.73. The highest BCUT2D eigenvalue weighted by atomic mass is 16.5. The molecule has 0 aliphatic heterocycles. The number of rotatable bonds is 4. The quantitative estimate of drug-likeness (QED) is 0.543. The number of benzene rings is 1. The van der Waals surface area contributed by atoms with Crippen molar-refractivity contribution in [2.24, 2.45) is 64.6 Å². The Hall–Kier alpha value is -1.91. The van der Waals surface area contributed by atoms with Crippen LogP contribution in [0, 0.1) is 64.6 Å². The van der Waals surface area contributed by atoms with Crippen LogP contribution in [-0.4, -0.2) is 27.9 Å². The van der Waals surface area contributed by atoms with Gasteiger partial charge in [0.05, 0.1) is 7.11 Å². The highest BCUT2D eigenvalue weighted by Crippen LogP contribution is 2.76. The number of carbonyl (C=O) groups excluding carboxylic acids is 1. The maximum absolute atomic E-state index is 14.0. The minimum atomic E-state index is 0.171. The zero-order chi connectivity index (χ0) is 24.1. The summed E-state index contributed by atoms with van der Waals surface area (Å²) < 4.78 is 5.34. The van der Waals surface area contributed by atoms with Gasteiger partial charge in [0, 0.05) is 12.0 Å². The van der Waals surface area contributed by atoms with E-state index < -0.39 is 0 Å². The first kappa shape index (κ1) is 22.3. The number of ether oxygens (including phenoxy) is 1. The minimum Gasteiger partial charge on any atom is -0.497 e. The minimum absolute atomic E-state index is 0.171. The zero-order valence-corrected chi connectivity index (χ0v) is 21.8. The number of ketones is 1. The van der Waals surface area contributed by atoms with E-state index in [0.29, 0.717) is 24.2 Å². The van der Waals surface area contributed by atoms with E-state index in [-0.39, 0.29) is 11.3 Å². The molecule has 0 saturated heterocycles. The van der Waals surface area contributed by atoms with Crippen LogP contribution in [0.1, 0.15) is 65.7 Å². The number of Topliss-reactive ketones (excluding diaryl/α,β-unsaturated/α-hetero) is 1. The van der Waals surface area contributed by atoms with Gasteiger partial charge < -0.3 is 4.74 Å². The van der Waals surface area contributed by atoms with Gasteiger partial charge in [-0.15, -0.1) is 0 Å². The van der Waals surface area contributed by atoms with Crippen molar-refractivity contribution in [3.63, 3.8) is 0 Å². The van der Waals surface area contributed by atoms with E-state index in [0.717, 1.165) is 58.2 Å². The SMILES string of the molecule is COc1ccc2nn(CC(=O)[C@H]3[C@H]4[C@@H](C)[C@H]4C4C5CC[C@@H]6C[C@@H](C)CC[C@@H]6C5CC[C@@]43C)nc2c1. The number of hydrogen-bond donors (Lipinski definition) is 0. The summed E-state index contributed by atoms with van der Waals surface area (Å²) in [5, 5.41) is 9.27. The predicted molar refractivity (Wildman–Crippen MR) is 136 cm³/mol. The molecular formula is C30H41N3O2. The second kappa shape index (κ2) is 7.79. The van der Waals surface area contributed by atoms with Gasteiger partial charge in [-0.1, -0.05) is 27.2 Å². The Morgan fingerprint density at radius 2 is 1.83 bits per heavy atom. The molecule has 5 fully saturated rings. The lowest BCUT2D eigenvalue weighted by atomic mass is 9.47. The summed E-state index contributed by atoms with van der Waals surface area (Å²) >= 11 is 0. The molecule has 5 aliphatic rings. The molecule has 35 heavy (non-hydrogen) atoms. The molecule has 5 nitrogen and oxygen atoms in total. The van der Waals surface area contributed by atoms with Gasteiger partial charge in [-0.3, -0.25) is 4.79 Å². The third-order valence-electron chi connectivity index (χ3n) is 11.8. The lowest BCUT2D eigenvalue weighted by molar-refractivity contribution is -0.135. The third kappa shape index (κ3) is 3.21. The Morgan fingerprint density at radius 1 is 1.03 bits per heavy atom. The van der Waals surface area contributed by atoms with E-state index in [9.17, 15) is 4.79 Å². The molecule has 1 aromatic carbocycles. The van der Waals surface area contributed by atoms with E-state index in [1.54, 1.807) is 11.9 Å². The maximum atomic E-state index is 14.0. The van der Waals surface area contributed by atoms with Crippen LogP contribution in [0.4, 0.5) is 0 Å². The van der Waals surface area contributed by atoms with Crippen LogP contribution in [0.25, 0.3) is 11.0 Å². The lowest BCUT2D eigenvalue weighted by Crippen LogP contribution is -2.51. The molecule has 2 aromatic rings. The van der Waals surface area contributed by atoms with E-state index in [2.05, 4.69) is 31.0 Å². The van der Waals surface area contributed by atoms with E-state index >= 15 is 0 Å². The first-order chi connectivity index (χ1) is 16.9. The summed E-state index contributed by atoms with van der Waals surface area (Å²) in [6.07, 6.45) is 9.84. The van der Waals surface area contributed by atoms with Crippen molar-refractivity contribution in [2.75, 3.05) is 7.11 Å². The van der Waals surface area contributed by atoms with Gasteiger partial charge in [-0.2, -0.15) is 15.0 Å². The summed E-state index contributed by atoms with van der Waals surface area (Å²) in [4.78, 5) is 15.6. The zero-order valence-electron chi connectivity index (χ0n) is 21.8. The molecule has 0 radical (unpaired) electrons. The number of nitrogens with zero attached hydrogens (tertiary/aromatic N) is 3. The molecular weight excluding hydrogens is 434 g/mol.